The number of carbonyl (C=O) groups excluding carboxylic acids is 2. The predicted octanol–water partition coefficient (Wildman–Crippen LogP) is 3.02. The van der Waals surface area contributed by atoms with Gasteiger partial charge in [-0.1, -0.05) is 6.07 Å². The van der Waals surface area contributed by atoms with Gasteiger partial charge in [0, 0.05) is 30.3 Å². The average Bonchev–Trinajstić information content (AvgIpc) is 2.78. The largest absolute Gasteiger partial charge is 0.444 e. The summed E-state index contributed by atoms with van der Waals surface area (Å²) in [7, 11) is 0. The molecule has 1 fully saturated rings. The molecule has 1 aliphatic rings. The molecule has 1 saturated heterocycles. The molecule has 1 aromatic rings. The van der Waals surface area contributed by atoms with Gasteiger partial charge in [0.2, 0.25) is 5.91 Å². The third-order valence-corrected chi connectivity index (χ3v) is 3.16. The van der Waals surface area contributed by atoms with Gasteiger partial charge in [-0.2, -0.15) is 0 Å². The highest BCUT2D eigenvalue weighted by atomic mass is 16.6. The minimum atomic E-state index is -0.563. The zero-order chi connectivity index (χ0) is 16.3. The smallest absolute Gasteiger partial charge is 0.412 e. The summed E-state index contributed by atoms with van der Waals surface area (Å²) < 4.78 is 5.21. The maximum Gasteiger partial charge on any atom is 0.412 e. The van der Waals surface area contributed by atoms with Crippen molar-refractivity contribution in [2.75, 3.05) is 16.8 Å². The molecule has 1 heterocycles. The molecule has 22 heavy (non-hydrogen) atoms. The Kier molecular flexibility index (Phi) is 4.41. The number of carbonyl (C=O) groups is 2. The highest BCUT2D eigenvalue weighted by Crippen LogP contribution is 2.27. The van der Waals surface area contributed by atoms with E-state index in [1.165, 1.54) is 0 Å². The molecule has 5 nitrogen and oxygen atoms in total. The molecular weight excluding hydrogens is 280 g/mol. The molecule has 0 saturated carbocycles. The van der Waals surface area contributed by atoms with Crippen LogP contribution < -0.4 is 10.2 Å². The van der Waals surface area contributed by atoms with Gasteiger partial charge >= 0.3 is 6.09 Å². The van der Waals surface area contributed by atoms with Gasteiger partial charge in [0.05, 0.1) is 0 Å². The van der Waals surface area contributed by atoms with Crippen molar-refractivity contribution < 1.29 is 14.3 Å². The Hall–Kier alpha value is -2.48. The van der Waals surface area contributed by atoms with Crippen LogP contribution in [0.2, 0.25) is 0 Å². The zero-order valence-corrected chi connectivity index (χ0v) is 13.1. The lowest BCUT2D eigenvalue weighted by Crippen LogP contribution is -2.27. The van der Waals surface area contributed by atoms with E-state index in [2.05, 4.69) is 11.2 Å². The van der Waals surface area contributed by atoms with Crippen LogP contribution in [0.4, 0.5) is 16.2 Å². The molecular formula is C17H20N2O3. The average molecular weight is 300 g/mol. The van der Waals surface area contributed by atoms with Crippen LogP contribution in [0.3, 0.4) is 0 Å². The van der Waals surface area contributed by atoms with E-state index in [9.17, 15) is 9.59 Å². The van der Waals surface area contributed by atoms with Crippen molar-refractivity contribution in [3.63, 3.8) is 0 Å². The summed E-state index contributed by atoms with van der Waals surface area (Å²) in [5.74, 6) is 2.55. The molecule has 0 radical (unpaired) electrons. The molecule has 2 rings (SSSR count). The number of benzene rings is 1. The van der Waals surface area contributed by atoms with E-state index in [4.69, 9.17) is 11.2 Å². The summed E-state index contributed by atoms with van der Waals surface area (Å²) in [4.78, 5) is 25.4. The second-order valence-electron chi connectivity index (χ2n) is 6.25. The van der Waals surface area contributed by atoms with Gasteiger partial charge in [-0.3, -0.25) is 10.1 Å². The quantitative estimate of drug-likeness (QED) is 0.854. The fourth-order valence-corrected chi connectivity index (χ4v) is 2.24. The maximum atomic E-state index is 12.0. The fourth-order valence-electron chi connectivity index (χ4n) is 2.24. The SMILES string of the molecule is C#CC1CC(=O)N(c2cccc(NC(=O)OC(C)(C)C)c2)C1. The summed E-state index contributed by atoms with van der Waals surface area (Å²) >= 11 is 0. The summed E-state index contributed by atoms with van der Waals surface area (Å²) in [6.45, 7) is 5.90. The minimum absolute atomic E-state index is 0.00244. The Morgan fingerprint density at radius 3 is 2.77 bits per heavy atom. The number of terminal acetylenes is 1. The van der Waals surface area contributed by atoms with E-state index < -0.39 is 11.7 Å². The number of nitrogens with one attached hydrogen (secondary N) is 1. The topological polar surface area (TPSA) is 58.6 Å². The first kappa shape index (κ1) is 15.9. The third-order valence-electron chi connectivity index (χ3n) is 3.16. The van der Waals surface area contributed by atoms with Crippen LogP contribution in [0, 0.1) is 18.3 Å². The first-order valence-electron chi connectivity index (χ1n) is 7.15. The predicted molar refractivity (Wildman–Crippen MR) is 85.6 cm³/mol. The Morgan fingerprint density at radius 2 is 2.18 bits per heavy atom. The van der Waals surface area contributed by atoms with E-state index in [1.54, 1.807) is 43.9 Å². The Balaban J connectivity index is 2.09. The second-order valence-corrected chi connectivity index (χ2v) is 6.25. The summed E-state index contributed by atoms with van der Waals surface area (Å²) in [6, 6.07) is 7.07. The van der Waals surface area contributed by atoms with Crippen molar-refractivity contribution in [2.45, 2.75) is 32.8 Å². The minimum Gasteiger partial charge on any atom is -0.444 e. The molecule has 0 aliphatic carbocycles. The van der Waals surface area contributed by atoms with Gasteiger partial charge in [0.15, 0.2) is 0 Å². The molecule has 0 spiro atoms. The molecule has 5 heteroatoms. The number of nitrogens with zero attached hydrogens (tertiary/aromatic N) is 1. The molecule has 1 aromatic carbocycles. The van der Waals surface area contributed by atoms with Crippen LogP contribution in [-0.2, 0) is 9.53 Å². The van der Waals surface area contributed by atoms with Gasteiger partial charge in [-0.05, 0) is 39.0 Å². The van der Waals surface area contributed by atoms with Crippen molar-refractivity contribution in [3.8, 4) is 12.3 Å². The monoisotopic (exact) mass is 300 g/mol. The van der Waals surface area contributed by atoms with E-state index >= 15 is 0 Å². The van der Waals surface area contributed by atoms with Crippen molar-refractivity contribution in [3.05, 3.63) is 24.3 Å². The normalized spacial score (nSPS) is 18.0. The first-order chi connectivity index (χ1) is 10.3. The lowest BCUT2D eigenvalue weighted by molar-refractivity contribution is -0.117. The van der Waals surface area contributed by atoms with Crippen molar-refractivity contribution in [2.24, 2.45) is 5.92 Å². The van der Waals surface area contributed by atoms with Gasteiger partial charge < -0.3 is 9.64 Å². The van der Waals surface area contributed by atoms with Gasteiger partial charge in [0.1, 0.15) is 5.60 Å². The molecule has 1 N–H and O–H groups in total. The molecule has 116 valence electrons. The molecule has 0 bridgehead atoms. The van der Waals surface area contributed by atoms with Gasteiger partial charge in [-0.15, -0.1) is 12.3 Å². The van der Waals surface area contributed by atoms with Crippen LogP contribution in [-0.4, -0.2) is 24.1 Å². The number of ether oxygens (including phenoxy) is 1. The Bertz CT molecular complexity index is 626. The van der Waals surface area contributed by atoms with Crippen LogP contribution >= 0.6 is 0 Å². The fraction of sp³-hybridized carbons (Fsp3) is 0.412. The Labute approximate surface area is 130 Å². The second kappa shape index (κ2) is 6.10. The lowest BCUT2D eigenvalue weighted by atomic mass is 10.1. The van der Waals surface area contributed by atoms with Crippen LogP contribution in [0.15, 0.2) is 24.3 Å². The maximum absolute atomic E-state index is 12.0. The molecule has 2 amide bonds. The summed E-state index contributed by atoms with van der Waals surface area (Å²) in [5.41, 5.74) is 0.729. The molecule has 1 unspecified atom stereocenters. The molecule has 1 atom stereocenters. The highest BCUT2D eigenvalue weighted by molar-refractivity contribution is 5.97. The summed E-state index contributed by atoms with van der Waals surface area (Å²) in [6.07, 6.45) is 5.22. The third kappa shape index (κ3) is 4.01. The Morgan fingerprint density at radius 1 is 1.45 bits per heavy atom. The van der Waals surface area contributed by atoms with Gasteiger partial charge in [-0.25, -0.2) is 4.79 Å². The van der Waals surface area contributed by atoms with E-state index in [1.807, 2.05) is 6.07 Å². The van der Waals surface area contributed by atoms with E-state index in [-0.39, 0.29) is 11.8 Å². The molecule has 1 aliphatic heterocycles. The van der Waals surface area contributed by atoms with Crippen LogP contribution in [0.25, 0.3) is 0 Å². The van der Waals surface area contributed by atoms with Crippen molar-refractivity contribution in [1.29, 1.82) is 0 Å². The number of hydrogen-bond donors (Lipinski definition) is 1. The number of amides is 2. The van der Waals surface area contributed by atoms with E-state index in [0.29, 0.717) is 18.7 Å². The lowest BCUT2D eigenvalue weighted by Gasteiger charge is -2.20. The van der Waals surface area contributed by atoms with Crippen LogP contribution in [0.5, 0.6) is 0 Å². The standard InChI is InChI=1S/C17H20N2O3/c1-5-12-9-15(20)19(11-12)14-8-6-7-13(10-14)18-16(21)22-17(2,3)4/h1,6-8,10,12H,9,11H2,2-4H3,(H,18,21). The molecule has 0 aromatic heterocycles. The zero-order valence-electron chi connectivity index (χ0n) is 13.1. The van der Waals surface area contributed by atoms with Crippen molar-refractivity contribution in [1.82, 2.24) is 0 Å². The summed E-state index contributed by atoms with van der Waals surface area (Å²) in [5, 5.41) is 2.66. The van der Waals surface area contributed by atoms with Crippen LogP contribution in [0.1, 0.15) is 27.2 Å². The number of rotatable bonds is 2. The van der Waals surface area contributed by atoms with Crippen molar-refractivity contribution >= 4 is 23.4 Å². The highest BCUT2D eigenvalue weighted by Gasteiger charge is 2.29. The van der Waals surface area contributed by atoms with E-state index in [0.717, 1.165) is 5.69 Å². The van der Waals surface area contributed by atoms with Gasteiger partial charge in [0.25, 0.3) is 0 Å². The number of hydrogen-bond acceptors (Lipinski definition) is 3. The number of anilines is 2. The first-order valence-corrected chi connectivity index (χ1v) is 7.15.